The molecule has 0 atom stereocenters. The second-order valence-corrected chi connectivity index (χ2v) is 3.48. The molecule has 1 aromatic carbocycles. The molecule has 0 saturated carbocycles. The third-order valence-corrected chi connectivity index (χ3v) is 2.33. The van der Waals surface area contributed by atoms with Gasteiger partial charge >= 0.3 is 5.97 Å². The molecule has 5 nitrogen and oxygen atoms in total. The zero-order valence-electron chi connectivity index (χ0n) is 9.57. The van der Waals surface area contributed by atoms with Gasteiger partial charge in [0.1, 0.15) is 0 Å². The van der Waals surface area contributed by atoms with E-state index in [9.17, 15) is 14.4 Å². The molecule has 1 aromatic rings. The van der Waals surface area contributed by atoms with Gasteiger partial charge in [0.05, 0.1) is 17.9 Å². The van der Waals surface area contributed by atoms with E-state index in [4.69, 9.17) is 0 Å². The topological polar surface area (TPSA) is 72.5 Å². The van der Waals surface area contributed by atoms with E-state index < -0.39 is 17.7 Å². The zero-order valence-corrected chi connectivity index (χ0v) is 9.57. The fourth-order valence-electron chi connectivity index (χ4n) is 1.56. The van der Waals surface area contributed by atoms with E-state index in [1.165, 1.54) is 6.07 Å². The zero-order chi connectivity index (χ0) is 13.1. The van der Waals surface area contributed by atoms with Gasteiger partial charge in [-0.25, -0.2) is 4.79 Å². The first-order valence-corrected chi connectivity index (χ1v) is 5.31. The standard InChI is InChI=1S/C13H9NO4/c1-2-18-10(15)7-6-8-4-3-5-9-11(8)14-13(17)12(9)16/h3-5H,2H2,1H3,(H,14,16,17). The summed E-state index contributed by atoms with van der Waals surface area (Å²) in [5, 5.41) is 2.43. The van der Waals surface area contributed by atoms with Crippen LogP contribution in [0.15, 0.2) is 18.2 Å². The molecule has 0 bridgehead atoms. The van der Waals surface area contributed by atoms with E-state index in [-0.39, 0.29) is 12.2 Å². The molecule has 2 rings (SSSR count). The third kappa shape index (κ3) is 2.09. The highest BCUT2D eigenvalue weighted by molar-refractivity contribution is 6.51. The predicted molar refractivity (Wildman–Crippen MR) is 62.9 cm³/mol. The molecule has 1 aliphatic rings. The molecule has 1 heterocycles. The number of fused-ring (bicyclic) bond motifs is 1. The lowest BCUT2D eigenvalue weighted by Gasteiger charge is -1.99. The molecule has 1 N–H and O–H groups in total. The molecule has 0 saturated heterocycles. The molecule has 18 heavy (non-hydrogen) atoms. The van der Waals surface area contributed by atoms with Crippen LogP contribution in [0.3, 0.4) is 0 Å². The van der Waals surface area contributed by atoms with Crippen LogP contribution in [0.25, 0.3) is 0 Å². The fraction of sp³-hybridized carbons (Fsp3) is 0.154. The Balaban J connectivity index is 2.35. The first-order valence-electron chi connectivity index (χ1n) is 5.31. The van der Waals surface area contributed by atoms with Gasteiger partial charge in [0, 0.05) is 11.5 Å². The summed E-state index contributed by atoms with van der Waals surface area (Å²) in [6.07, 6.45) is 0. The van der Waals surface area contributed by atoms with Crippen LogP contribution in [0.1, 0.15) is 22.8 Å². The van der Waals surface area contributed by atoms with Gasteiger partial charge in [-0.2, -0.15) is 0 Å². The van der Waals surface area contributed by atoms with Gasteiger partial charge < -0.3 is 10.1 Å². The molecule has 0 radical (unpaired) electrons. The van der Waals surface area contributed by atoms with Crippen LogP contribution in [0.4, 0.5) is 5.69 Å². The first kappa shape index (κ1) is 11.9. The van der Waals surface area contributed by atoms with Gasteiger partial charge in [0.15, 0.2) is 0 Å². The molecule has 90 valence electrons. The van der Waals surface area contributed by atoms with Crippen molar-refractivity contribution >= 4 is 23.3 Å². The second-order valence-electron chi connectivity index (χ2n) is 3.48. The average molecular weight is 243 g/mol. The third-order valence-electron chi connectivity index (χ3n) is 2.33. The van der Waals surface area contributed by atoms with Gasteiger partial charge in [0.2, 0.25) is 0 Å². The fourth-order valence-corrected chi connectivity index (χ4v) is 1.56. The Labute approximate surface area is 103 Å². The molecule has 0 spiro atoms. The number of carbonyl (C=O) groups is 3. The van der Waals surface area contributed by atoms with E-state index in [0.29, 0.717) is 11.3 Å². The van der Waals surface area contributed by atoms with Crippen molar-refractivity contribution < 1.29 is 19.1 Å². The van der Waals surface area contributed by atoms with Crippen molar-refractivity contribution in [1.82, 2.24) is 0 Å². The number of para-hydroxylation sites is 1. The van der Waals surface area contributed by atoms with Crippen LogP contribution in [-0.4, -0.2) is 24.3 Å². The number of hydrogen-bond acceptors (Lipinski definition) is 4. The number of esters is 1. The van der Waals surface area contributed by atoms with Gasteiger partial charge in [0.25, 0.3) is 11.7 Å². The molecular weight excluding hydrogens is 234 g/mol. The average Bonchev–Trinajstić information content (AvgIpc) is 2.64. The lowest BCUT2D eigenvalue weighted by atomic mass is 10.1. The highest BCUT2D eigenvalue weighted by Gasteiger charge is 2.29. The summed E-state index contributed by atoms with van der Waals surface area (Å²) in [5.74, 6) is 2.94. The number of anilines is 1. The SMILES string of the molecule is CCOC(=O)C#Cc1cccc2c1NC(=O)C2=O. The number of benzene rings is 1. The number of ketones is 1. The number of carbonyl (C=O) groups excluding carboxylic acids is 3. The van der Waals surface area contributed by atoms with Crippen LogP contribution in [-0.2, 0) is 14.3 Å². The Kier molecular flexibility index (Phi) is 3.11. The van der Waals surface area contributed by atoms with E-state index >= 15 is 0 Å². The Morgan fingerprint density at radius 2 is 2.17 bits per heavy atom. The summed E-state index contributed by atoms with van der Waals surface area (Å²) >= 11 is 0. The van der Waals surface area contributed by atoms with E-state index in [1.54, 1.807) is 19.1 Å². The smallest absolute Gasteiger partial charge is 0.384 e. The number of nitrogens with one attached hydrogen (secondary N) is 1. The van der Waals surface area contributed by atoms with Crippen LogP contribution in [0.2, 0.25) is 0 Å². The van der Waals surface area contributed by atoms with Crippen LogP contribution >= 0.6 is 0 Å². The molecule has 0 aliphatic carbocycles. The lowest BCUT2D eigenvalue weighted by Crippen LogP contribution is -2.12. The Morgan fingerprint density at radius 1 is 1.39 bits per heavy atom. The minimum atomic E-state index is -0.685. The number of Topliss-reactive ketones (excluding diaryl/α,β-unsaturated/α-hetero) is 1. The van der Waals surface area contributed by atoms with Crippen molar-refractivity contribution in [3.8, 4) is 11.8 Å². The van der Waals surface area contributed by atoms with Crippen LogP contribution in [0, 0.1) is 11.8 Å². The largest absolute Gasteiger partial charge is 0.456 e. The van der Waals surface area contributed by atoms with Crippen molar-refractivity contribution in [2.75, 3.05) is 11.9 Å². The summed E-state index contributed by atoms with van der Waals surface area (Å²) < 4.78 is 4.66. The van der Waals surface area contributed by atoms with E-state index in [0.717, 1.165) is 0 Å². The molecule has 1 aliphatic heterocycles. The molecule has 0 aromatic heterocycles. The maximum absolute atomic E-state index is 11.4. The monoisotopic (exact) mass is 243 g/mol. The highest BCUT2D eigenvalue weighted by Crippen LogP contribution is 2.26. The van der Waals surface area contributed by atoms with E-state index in [1.807, 2.05) is 0 Å². The number of rotatable bonds is 1. The summed E-state index contributed by atoms with van der Waals surface area (Å²) in [7, 11) is 0. The first-order chi connectivity index (χ1) is 8.63. The molecule has 0 fully saturated rings. The summed E-state index contributed by atoms with van der Waals surface area (Å²) in [5.41, 5.74) is 1.04. The van der Waals surface area contributed by atoms with Crippen LogP contribution in [0.5, 0.6) is 0 Å². The Morgan fingerprint density at radius 3 is 2.89 bits per heavy atom. The van der Waals surface area contributed by atoms with Crippen molar-refractivity contribution in [1.29, 1.82) is 0 Å². The van der Waals surface area contributed by atoms with Gasteiger partial charge in [-0.3, -0.25) is 9.59 Å². The Hall–Kier alpha value is -2.61. The normalized spacial score (nSPS) is 12.3. The van der Waals surface area contributed by atoms with Crippen molar-refractivity contribution in [3.05, 3.63) is 29.3 Å². The highest BCUT2D eigenvalue weighted by atomic mass is 16.5. The summed E-state index contributed by atoms with van der Waals surface area (Å²) in [6, 6.07) is 4.75. The molecular formula is C13H9NO4. The second kappa shape index (κ2) is 4.72. The predicted octanol–water partition coefficient (Wildman–Crippen LogP) is 0.736. The maximum Gasteiger partial charge on any atom is 0.384 e. The number of ether oxygens (including phenoxy) is 1. The maximum atomic E-state index is 11.4. The van der Waals surface area contributed by atoms with Crippen molar-refractivity contribution in [2.24, 2.45) is 0 Å². The lowest BCUT2D eigenvalue weighted by molar-refractivity contribution is -0.136. The Bertz CT molecular complexity index is 607. The summed E-state index contributed by atoms with van der Waals surface area (Å²) in [4.78, 5) is 33.8. The molecule has 0 unspecified atom stereocenters. The minimum Gasteiger partial charge on any atom is -0.456 e. The van der Waals surface area contributed by atoms with Crippen molar-refractivity contribution in [2.45, 2.75) is 6.92 Å². The van der Waals surface area contributed by atoms with E-state index in [2.05, 4.69) is 21.9 Å². The van der Waals surface area contributed by atoms with Crippen molar-refractivity contribution in [3.63, 3.8) is 0 Å². The van der Waals surface area contributed by atoms with Gasteiger partial charge in [-0.15, -0.1) is 0 Å². The number of hydrogen-bond donors (Lipinski definition) is 1. The summed E-state index contributed by atoms with van der Waals surface area (Å²) in [6.45, 7) is 1.92. The molecule has 5 heteroatoms. The minimum absolute atomic E-state index is 0.246. The number of amides is 1. The molecule has 1 amide bonds. The van der Waals surface area contributed by atoms with Gasteiger partial charge in [-0.1, -0.05) is 12.0 Å². The quantitative estimate of drug-likeness (QED) is 0.448. The van der Waals surface area contributed by atoms with Gasteiger partial charge in [-0.05, 0) is 19.1 Å². The van der Waals surface area contributed by atoms with Crippen LogP contribution < -0.4 is 5.32 Å².